The third-order valence-corrected chi connectivity index (χ3v) is 5.28. The first-order valence-corrected chi connectivity index (χ1v) is 8.54. The number of alkyl halides is 3. The molecule has 0 aliphatic carbocycles. The van der Waals surface area contributed by atoms with E-state index in [2.05, 4.69) is 0 Å². The van der Waals surface area contributed by atoms with Crippen LogP contribution in [0.4, 0.5) is 13.2 Å². The number of amides is 1. The number of nitrogens with zero attached hydrogens (tertiary/aromatic N) is 1. The van der Waals surface area contributed by atoms with Crippen LogP contribution in [0, 0.1) is 5.92 Å². The molecule has 0 bridgehead atoms. The third kappa shape index (κ3) is 5.04. The van der Waals surface area contributed by atoms with E-state index in [9.17, 15) is 26.4 Å². The molecule has 22 heavy (non-hydrogen) atoms. The Balaban J connectivity index is 2.02. The van der Waals surface area contributed by atoms with Gasteiger partial charge in [0.15, 0.2) is 9.84 Å². The highest BCUT2D eigenvalue weighted by Crippen LogP contribution is 2.24. The van der Waals surface area contributed by atoms with Crippen molar-refractivity contribution in [1.29, 1.82) is 0 Å². The number of furan rings is 1. The fourth-order valence-corrected chi connectivity index (χ4v) is 4.31. The van der Waals surface area contributed by atoms with Gasteiger partial charge in [-0.3, -0.25) is 4.79 Å². The average Bonchev–Trinajstić information content (AvgIpc) is 2.96. The lowest BCUT2D eigenvalue weighted by molar-refractivity contribution is -0.163. The minimum absolute atomic E-state index is 0.0115. The van der Waals surface area contributed by atoms with Crippen LogP contribution in [0.5, 0.6) is 0 Å². The number of hydrogen-bond acceptors (Lipinski definition) is 4. The Kier molecular flexibility index (Phi) is 4.84. The van der Waals surface area contributed by atoms with Crippen molar-refractivity contribution < 1.29 is 30.8 Å². The van der Waals surface area contributed by atoms with E-state index in [0.717, 1.165) is 0 Å². The normalized spacial score (nSPS) is 21.0. The van der Waals surface area contributed by atoms with Crippen molar-refractivity contribution in [1.82, 2.24) is 4.90 Å². The molecule has 2 rings (SSSR count). The summed E-state index contributed by atoms with van der Waals surface area (Å²) in [6, 6.07) is 3.01. The Hall–Kier alpha value is -1.51. The Morgan fingerprint density at radius 1 is 1.41 bits per heavy atom. The molecule has 1 saturated heterocycles. The average molecular weight is 339 g/mol. The molecule has 1 fully saturated rings. The molecule has 0 saturated carbocycles. The molecule has 1 aromatic rings. The lowest BCUT2D eigenvalue weighted by Gasteiger charge is -2.24. The van der Waals surface area contributed by atoms with Crippen LogP contribution in [0.15, 0.2) is 22.8 Å². The molecule has 1 unspecified atom stereocenters. The number of hydrogen-bond donors (Lipinski definition) is 0. The second-order valence-corrected chi connectivity index (χ2v) is 7.65. The molecule has 1 aliphatic heterocycles. The minimum atomic E-state index is -4.52. The molecule has 1 atom stereocenters. The predicted molar refractivity (Wildman–Crippen MR) is 71.6 cm³/mol. The fraction of sp³-hybridized carbons (Fsp3) is 0.615. The third-order valence-electron chi connectivity index (χ3n) is 3.44. The second kappa shape index (κ2) is 6.31. The van der Waals surface area contributed by atoms with Crippen molar-refractivity contribution in [3.05, 3.63) is 24.2 Å². The topological polar surface area (TPSA) is 67.6 Å². The predicted octanol–water partition coefficient (Wildman–Crippen LogP) is 2.00. The van der Waals surface area contributed by atoms with Crippen LogP contribution >= 0.6 is 0 Å². The van der Waals surface area contributed by atoms with Crippen molar-refractivity contribution in [2.24, 2.45) is 5.92 Å². The van der Waals surface area contributed by atoms with Gasteiger partial charge >= 0.3 is 6.18 Å². The van der Waals surface area contributed by atoms with E-state index >= 15 is 0 Å². The van der Waals surface area contributed by atoms with Gasteiger partial charge in [-0.2, -0.15) is 13.2 Å². The summed E-state index contributed by atoms with van der Waals surface area (Å²) in [6.45, 7) is -1.67. The summed E-state index contributed by atoms with van der Waals surface area (Å²) in [4.78, 5) is 12.8. The van der Waals surface area contributed by atoms with Crippen LogP contribution < -0.4 is 0 Å². The summed E-state index contributed by atoms with van der Waals surface area (Å²) >= 11 is 0. The summed E-state index contributed by atoms with van der Waals surface area (Å²) in [7, 11) is -3.16. The van der Waals surface area contributed by atoms with Crippen molar-refractivity contribution in [3.8, 4) is 0 Å². The first kappa shape index (κ1) is 16.9. The maximum atomic E-state index is 12.6. The molecule has 1 aromatic heterocycles. The van der Waals surface area contributed by atoms with Gasteiger partial charge in [0, 0.05) is 6.42 Å². The summed E-state index contributed by atoms with van der Waals surface area (Å²) in [5, 5.41) is 0. The van der Waals surface area contributed by atoms with Gasteiger partial charge in [0.25, 0.3) is 0 Å². The van der Waals surface area contributed by atoms with E-state index < -0.39 is 34.4 Å². The Labute approximate surface area is 126 Å². The van der Waals surface area contributed by atoms with Crippen molar-refractivity contribution in [3.63, 3.8) is 0 Å². The number of halogens is 3. The van der Waals surface area contributed by atoms with Gasteiger partial charge in [0.05, 0.1) is 24.3 Å². The van der Waals surface area contributed by atoms with E-state index in [0.29, 0.717) is 11.3 Å². The van der Waals surface area contributed by atoms with Gasteiger partial charge in [-0.05, 0) is 24.5 Å². The van der Waals surface area contributed by atoms with Gasteiger partial charge in [-0.1, -0.05) is 0 Å². The van der Waals surface area contributed by atoms with E-state index in [4.69, 9.17) is 4.42 Å². The largest absolute Gasteiger partial charge is 0.467 e. The van der Waals surface area contributed by atoms with Crippen LogP contribution in [-0.4, -0.2) is 43.5 Å². The smallest absolute Gasteiger partial charge is 0.406 e. The van der Waals surface area contributed by atoms with E-state index in [-0.39, 0.29) is 30.2 Å². The van der Waals surface area contributed by atoms with Gasteiger partial charge in [0.1, 0.15) is 12.3 Å². The summed E-state index contributed by atoms with van der Waals surface area (Å²) < 4.78 is 65.5. The molecule has 0 N–H and O–H groups in total. The minimum Gasteiger partial charge on any atom is -0.467 e. The SMILES string of the molecule is O=C(CC1CCS(=O)(=O)C1)N(Cc1ccco1)CC(F)(F)F. The molecule has 1 aliphatic rings. The first-order valence-electron chi connectivity index (χ1n) is 6.72. The van der Waals surface area contributed by atoms with Crippen LogP contribution in [0.25, 0.3) is 0 Å². The first-order chi connectivity index (χ1) is 10.1. The molecule has 9 heteroatoms. The van der Waals surface area contributed by atoms with Gasteiger partial charge in [-0.15, -0.1) is 0 Å². The Morgan fingerprint density at radius 2 is 2.14 bits per heavy atom. The monoisotopic (exact) mass is 339 g/mol. The summed E-state index contributed by atoms with van der Waals surface area (Å²) in [6.07, 6.45) is -3.09. The lowest BCUT2D eigenvalue weighted by Crippen LogP contribution is -2.39. The maximum absolute atomic E-state index is 12.6. The molecule has 5 nitrogen and oxygen atoms in total. The van der Waals surface area contributed by atoms with Crippen LogP contribution in [0.1, 0.15) is 18.6 Å². The fourth-order valence-electron chi connectivity index (χ4n) is 2.45. The van der Waals surface area contributed by atoms with Gasteiger partial charge < -0.3 is 9.32 Å². The Bertz CT molecular complexity index is 610. The number of rotatable bonds is 5. The van der Waals surface area contributed by atoms with E-state index in [1.807, 2.05) is 0 Å². The number of carbonyl (C=O) groups excluding carboxylic acids is 1. The molecule has 124 valence electrons. The van der Waals surface area contributed by atoms with Crippen LogP contribution in [-0.2, 0) is 21.2 Å². The molecular weight excluding hydrogens is 323 g/mol. The van der Waals surface area contributed by atoms with Gasteiger partial charge in [-0.25, -0.2) is 8.42 Å². The van der Waals surface area contributed by atoms with Gasteiger partial charge in [0.2, 0.25) is 5.91 Å². The number of carbonyl (C=O) groups is 1. The molecule has 1 amide bonds. The zero-order chi connectivity index (χ0) is 16.4. The van der Waals surface area contributed by atoms with E-state index in [1.165, 1.54) is 18.4 Å². The molecule has 2 heterocycles. The number of sulfone groups is 1. The molecule has 0 spiro atoms. The van der Waals surface area contributed by atoms with E-state index in [1.54, 1.807) is 0 Å². The molecular formula is C13H16F3NO4S. The second-order valence-electron chi connectivity index (χ2n) is 5.42. The van der Waals surface area contributed by atoms with Crippen molar-refractivity contribution >= 4 is 15.7 Å². The standard InChI is InChI=1S/C13H16F3NO4S/c14-13(15,16)9-17(7-11-2-1-4-21-11)12(18)6-10-3-5-22(19,20)8-10/h1-2,4,10H,3,5-9H2. The summed E-state index contributed by atoms with van der Waals surface area (Å²) in [5.41, 5.74) is 0. The maximum Gasteiger partial charge on any atom is 0.406 e. The van der Waals surface area contributed by atoms with Crippen LogP contribution in [0.3, 0.4) is 0 Å². The zero-order valence-electron chi connectivity index (χ0n) is 11.7. The van der Waals surface area contributed by atoms with Crippen molar-refractivity contribution in [2.75, 3.05) is 18.1 Å². The van der Waals surface area contributed by atoms with Crippen molar-refractivity contribution in [2.45, 2.75) is 25.6 Å². The zero-order valence-corrected chi connectivity index (χ0v) is 12.5. The molecule has 0 aromatic carbocycles. The lowest BCUT2D eigenvalue weighted by atomic mass is 10.0. The highest BCUT2D eigenvalue weighted by atomic mass is 32.2. The quantitative estimate of drug-likeness (QED) is 0.823. The highest BCUT2D eigenvalue weighted by molar-refractivity contribution is 7.91. The van der Waals surface area contributed by atoms with Crippen LogP contribution in [0.2, 0.25) is 0 Å². The highest BCUT2D eigenvalue weighted by Gasteiger charge is 2.36. The summed E-state index contributed by atoms with van der Waals surface area (Å²) in [5.74, 6) is -1.03. The Morgan fingerprint density at radius 3 is 2.64 bits per heavy atom. The molecule has 0 radical (unpaired) electrons.